The van der Waals surface area contributed by atoms with Crippen LogP contribution in [0.1, 0.15) is 15.9 Å². The fourth-order valence-corrected chi connectivity index (χ4v) is 3.54. The van der Waals surface area contributed by atoms with Crippen molar-refractivity contribution >= 4 is 46.2 Å². The molecular weight excluding hydrogens is 342 g/mol. The van der Waals surface area contributed by atoms with Gasteiger partial charge < -0.3 is 4.74 Å². The molecule has 1 saturated heterocycles. The first-order valence-electron chi connectivity index (χ1n) is 7.12. The van der Waals surface area contributed by atoms with Gasteiger partial charge in [-0.1, -0.05) is 66.4 Å². The molecule has 0 bridgehead atoms. The van der Waals surface area contributed by atoms with Gasteiger partial charge in [-0.25, -0.2) is 4.90 Å². The summed E-state index contributed by atoms with van der Waals surface area (Å²) in [5.41, 5.74) is 1.18. The Morgan fingerprint density at radius 1 is 1.12 bits per heavy atom. The number of hydrogen-bond donors (Lipinski definition) is 0. The number of thiocarbonyl (C=S) groups is 1. The van der Waals surface area contributed by atoms with E-state index in [-0.39, 0.29) is 4.32 Å². The highest BCUT2D eigenvalue weighted by molar-refractivity contribution is 8.26. The van der Waals surface area contributed by atoms with Gasteiger partial charge in [0, 0.05) is 0 Å². The fraction of sp³-hybridized carbons (Fsp3) is 0.0556. The minimum Gasteiger partial charge on any atom is -0.496 e. The molecule has 0 spiro atoms. The summed E-state index contributed by atoms with van der Waals surface area (Å²) < 4.78 is 5.42. The average molecular weight is 355 g/mol. The van der Waals surface area contributed by atoms with E-state index in [2.05, 4.69) is 0 Å². The third kappa shape index (κ3) is 3.11. The molecule has 1 heterocycles. The number of thioether (sulfide) groups is 1. The third-order valence-electron chi connectivity index (χ3n) is 3.43. The molecule has 0 N–H and O–H groups in total. The van der Waals surface area contributed by atoms with Gasteiger partial charge in [0.05, 0.1) is 17.6 Å². The molecule has 6 heteroatoms. The predicted molar refractivity (Wildman–Crippen MR) is 98.8 cm³/mol. The van der Waals surface area contributed by atoms with Crippen molar-refractivity contribution in [1.82, 2.24) is 4.90 Å². The number of imide groups is 1. The Labute approximate surface area is 149 Å². The monoisotopic (exact) mass is 355 g/mol. The number of nitrogens with zero attached hydrogens (tertiary/aromatic N) is 1. The Morgan fingerprint density at radius 2 is 1.79 bits per heavy atom. The van der Waals surface area contributed by atoms with Gasteiger partial charge in [-0.05, 0) is 23.8 Å². The molecule has 4 nitrogen and oxygen atoms in total. The van der Waals surface area contributed by atoms with Crippen molar-refractivity contribution in [3.8, 4) is 5.75 Å². The van der Waals surface area contributed by atoms with Crippen LogP contribution in [0.4, 0.5) is 0 Å². The van der Waals surface area contributed by atoms with Crippen LogP contribution >= 0.6 is 24.0 Å². The molecule has 0 saturated carbocycles. The van der Waals surface area contributed by atoms with Gasteiger partial charge in [0.15, 0.2) is 4.32 Å². The van der Waals surface area contributed by atoms with Crippen molar-refractivity contribution in [2.24, 2.45) is 0 Å². The summed E-state index contributed by atoms with van der Waals surface area (Å²) in [5, 5.41) is 0. The summed E-state index contributed by atoms with van der Waals surface area (Å²) in [5.74, 6) is -0.486. The third-order valence-corrected chi connectivity index (χ3v) is 4.73. The number of methoxy groups -OCH3 is 1. The van der Waals surface area contributed by atoms with Crippen molar-refractivity contribution < 1.29 is 14.3 Å². The molecule has 1 fully saturated rings. The second-order valence-electron chi connectivity index (χ2n) is 4.93. The topological polar surface area (TPSA) is 46.6 Å². The second kappa shape index (κ2) is 6.98. The highest BCUT2D eigenvalue weighted by Gasteiger charge is 2.38. The van der Waals surface area contributed by atoms with E-state index >= 15 is 0 Å². The van der Waals surface area contributed by atoms with Crippen molar-refractivity contribution in [2.75, 3.05) is 7.11 Å². The molecule has 1 aliphatic rings. The number of carbonyl (C=O) groups excluding carboxylic acids is 2. The van der Waals surface area contributed by atoms with Crippen molar-refractivity contribution in [1.29, 1.82) is 0 Å². The molecule has 0 atom stereocenters. The minimum absolute atomic E-state index is 0.220. The predicted octanol–water partition coefficient (Wildman–Crippen LogP) is 3.74. The molecule has 120 valence electrons. The summed E-state index contributed by atoms with van der Waals surface area (Å²) in [6, 6.07) is 16.2. The van der Waals surface area contributed by atoms with Crippen molar-refractivity contribution in [2.45, 2.75) is 0 Å². The minimum atomic E-state index is -0.480. The lowest BCUT2D eigenvalue weighted by Crippen LogP contribution is -2.34. The van der Waals surface area contributed by atoms with Gasteiger partial charge in [-0.3, -0.25) is 9.59 Å². The Bertz CT molecular complexity index is 846. The maximum atomic E-state index is 12.7. The number of amides is 2. The Hall–Kier alpha value is -2.44. The van der Waals surface area contributed by atoms with Gasteiger partial charge in [-0.15, -0.1) is 0 Å². The molecular formula is C18H13NO3S2. The van der Waals surface area contributed by atoms with Crippen LogP contribution in [0.3, 0.4) is 0 Å². The number of carbonyl (C=O) groups is 2. The second-order valence-corrected chi connectivity index (χ2v) is 6.61. The lowest BCUT2D eigenvalue weighted by atomic mass is 10.1. The van der Waals surface area contributed by atoms with Gasteiger partial charge in [0.1, 0.15) is 5.75 Å². The van der Waals surface area contributed by atoms with E-state index in [4.69, 9.17) is 17.0 Å². The fourth-order valence-electron chi connectivity index (χ4n) is 2.29. The number of ether oxygens (including phenoxy) is 1. The smallest absolute Gasteiger partial charge is 0.273 e. The zero-order valence-electron chi connectivity index (χ0n) is 12.8. The van der Waals surface area contributed by atoms with E-state index in [0.29, 0.717) is 16.2 Å². The Kier molecular flexibility index (Phi) is 4.78. The summed E-state index contributed by atoms with van der Waals surface area (Å²) in [7, 11) is 1.48. The first kappa shape index (κ1) is 16.4. The van der Waals surface area contributed by atoms with Crippen LogP contribution in [-0.2, 0) is 4.79 Å². The number of hydrogen-bond acceptors (Lipinski definition) is 5. The summed E-state index contributed by atoms with van der Waals surface area (Å²) in [4.78, 5) is 26.8. The van der Waals surface area contributed by atoms with E-state index < -0.39 is 11.8 Å². The van der Waals surface area contributed by atoms with Crippen LogP contribution in [-0.4, -0.2) is 28.1 Å². The average Bonchev–Trinajstić information content (AvgIpc) is 2.89. The number of benzene rings is 2. The molecule has 1 aliphatic heterocycles. The summed E-state index contributed by atoms with van der Waals surface area (Å²) in [6.45, 7) is 0. The molecule has 0 aliphatic carbocycles. The first-order chi connectivity index (χ1) is 11.6. The standard InChI is InChI=1S/C18H13NO3S2/c1-22-14-10-6-5-9-13(14)16(20)19-17(21)15(24-18(19)23)11-12-7-3-2-4-8-12/h2-11H,1H3/b15-11+. The number of rotatable bonds is 3. The van der Waals surface area contributed by atoms with Crippen LogP contribution in [0.15, 0.2) is 59.5 Å². The SMILES string of the molecule is COc1ccccc1C(=O)N1C(=O)/C(=C\c2ccccc2)SC1=S. The highest BCUT2D eigenvalue weighted by atomic mass is 32.2. The molecule has 3 rings (SSSR count). The maximum absolute atomic E-state index is 12.7. The zero-order chi connectivity index (χ0) is 17.1. The lowest BCUT2D eigenvalue weighted by Gasteiger charge is -2.14. The maximum Gasteiger partial charge on any atom is 0.273 e. The molecule has 2 aromatic carbocycles. The molecule has 0 aromatic heterocycles. The zero-order valence-corrected chi connectivity index (χ0v) is 14.4. The van der Waals surface area contributed by atoms with Crippen molar-refractivity contribution in [3.63, 3.8) is 0 Å². The van der Waals surface area contributed by atoms with E-state index in [1.54, 1.807) is 30.3 Å². The lowest BCUT2D eigenvalue weighted by molar-refractivity contribution is -0.120. The van der Waals surface area contributed by atoms with Crippen molar-refractivity contribution in [3.05, 3.63) is 70.6 Å². The van der Waals surface area contributed by atoms with E-state index in [9.17, 15) is 9.59 Å². The van der Waals surface area contributed by atoms with Gasteiger partial charge in [0.25, 0.3) is 11.8 Å². The van der Waals surface area contributed by atoms with E-state index in [1.807, 2.05) is 30.3 Å². The summed E-state index contributed by atoms with van der Waals surface area (Å²) >= 11 is 6.35. The Balaban J connectivity index is 1.92. The Morgan fingerprint density at radius 3 is 2.50 bits per heavy atom. The van der Waals surface area contributed by atoms with Gasteiger partial charge >= 0.3 is 0 Å². The van der Waals surface area contributed by atoms with Crippen LogP contribution in [0, 0.1) is 0 Å². The number of para-hydroxylation sites is 1. The van der Waals surface area contributed by atoms with Crippen LogP contribution in [0.25, 0.3) is 6.08 Å². The van der Waals surface area contributed by atoms with Crippen LogP contribution < -0.4 is 4.74 Å². The molecule has 0 radical (unpaired) electrons. The molecule has 2 amide bonds. The summed E-state index contributed by atoms with van der Waals surface area (Å²) in [6.07, 6.45) is 1.73. The molecule has 0 unspecified atom stereocenters. The van der Waals surface area contributed by atoms with Crippen LogP contribution in [0.2, 0.25) is 0 Å². The first-order valence-corrected chi connectivity index (χ1v) is 8.34. The molecule has 2 aromatic rings. The highest BCUT2D eigenvalue weighted by Crippen LogP contribution is 2.34. The normalized spacial score (nSPS) is 15.9. The van der Waals surface area contributed by atoms with Crippen LogP contribution in [0.5, 0.6) is 5.75 Å². The van der Waals surface area contributed by atoms with Gasteiger partial charge in [0.2, 0.25) is 0 Å². The largest absolute Gasteiger partial charge is 0.496 e. The quantitative estimate of drug-likeness (QED) is 0.477. The van der Waals surface area contributed by atoms with Gasteiger partial charge in [-0.2, -0.15) is 0 Å². The van der Waals surface area contributed by atoms with E-state index in [1.165, 1.54) is 7.11 Å². The molecule has 24 heavy (non-hydrogen) atoms. The van der Waals surface area contributed by atoms with E-state index in [0.717, 1.165) is 22.2 Å².